The van der Waals surface area contributed by atoms with E-state index < -0.39 is 77.6 Å². The molecule has 6 amide bonds. The number of aromatic hydroxyl groups is 1. The number of carboxylic acid groups (broad SMARTS) is 1. The Bertz CT molecular complexity index is 2650. The SMILES string of the molecule is CC(C)Oc1c(NC(=O)c2ccc(NC(=O)[C@H](CC(N)=O)NC(=O)c3ccc(NC(=O)c4ccc(C5(C(F)(F)F)NN5)cc4)cc3)cc2)ccc(C(=O)Nc2ccc(C(=O)O)cc2)c1O. The van der Waals surface area contributed by atoms with Crippen LogP contribution in [-0.2, 0) is 15.3 Å². The molecule has 0 unspecified atom stereocenters. The van der Waals surface area contributed by atoms with Crippen molar-refractivity contribution in [1.29, 1.82) is 0 Å². The number of nitrogens with one attached hydrogen (secondary N) is 7. The van der Waals surface area contributed by atoms with Gasteiger partial charge >= 0.3 is 12.1 Å². The van der Waals surface area contributed by atoms with Gasteiger partial charge in [-0.2, -0.15) is 13.2 Å². The van der Waals surface area contributed by atoms with E-state index in [2.05, 4.69) is 37.4 Å². The Kier molecular flexibility index (Phi) is 13.5. The molecule has 0 saturated carbocycles. The van der Waals surface area contributed by atoms with Gasteiger partial charge in [-0.15, -0.1) is 0 Å². The number of primary amides is 1. The summed E-state index contributed by atoms with van der Waals surface area (Å²) in [5.41, 5.74) is 7.69. The van der Waals surface area contributed by atoms with Gasteiger partial charge < -0.3 is 47.3 Å². The van der Waals surface area contributed by atoms with E-state index in [4.69, 9.17) is 15.6 Å². The molecular formula is C44H39F3N8O10. The minimum Gasteiger partial charge on any atom is -0.504 e. The smallest absolute Gasteiger partial charge is 0.426 e. The van der Waals surface area contributed by atoms with Gasteiger partial charge in [-0.25, -0.2) is 15.6 Å². The van der Waals surface area contributed by atoms with Gasteiger partial charge in [-0.1, -0.05) is 12.1 Å². The summed E-state index contributed by atoms with van der Waals surface area (Å²) in [6.07, 6.45) is -5.70. The molecule has 5 aromatic carbocycles. The summed E-state index contributed by atoms with van der Waals surface area (Å²) in [5, 5.41) is 32.9. The molecule has 6 rings (SSSR count). The largest absolute Gasteiger partial charge is 0.504 e. The van der Waals surface area contributed by atoms with Gasteiger partial charge in [0.1, 0.15) is 6.04 Å². The van der Waals surface area contributed by atoms with Crippen molar-refractivity contribution in [3.05, 3.63) is 143 Å². The first-order valence-electron chi connectivity index (χ1n) is 19.4. The number of amides is 6. The van der Waals surface area contributed by atoms with E-state index in [-0.39, 0.29) is 61.9 Å². The maximum absolute atomic E-state index is 13.4. The van der Waals surface area contributed by atoms with E-state index in [9.17, 15) is 51.8 Å². The van der Waals surface area contributed by atoms with E-state index in [0.717, 1.165) is 12.1 Å². The minimum atomic E-state index is -4.61. The molecule has 0 bridgehead atoms. The molecule has 18 nitrogen and oxygen atoms in total. The lowest BCUT2D eigenvalue weighted by Gasteiger charge is -2.19. The van der Waals surface area contributed by atoms with Crippen molar-refractivity contribution in [2.24, 2.45) is 5.73 Å². The van der Waals surface area contributed by atoms with E-state index >= 15 is 0 Å². The van der Waals surface area contributed by atoms with Crippen molar-refractivity contribution in [2.45, 2.75) is 44.3 Å². The van der Waals surface area contributed by atoms with Crippen LogP contribution >= 0.6 is 0 Å². The van der Waals surface area contributed by atoms with Gasteiger partial charge in [0.15, 0.2) is 11.5 Å². The van der Waals surface area contributed by atoms with Crippen LogP contribution in [-0.4, -0.2) is 69.9 Å². The molecule has 336 valence electrons. The lowest BCUT2D eigenvalue weighted by molar-refractivity contribution is -0.165. The number of phenols is 1. The number of nitrogens with two attached hydrogens (primary N) is 1. The highest BCUT2D eigenvalue weighted by Gasteiger charge is 2.65. The minimum absolute atomic E-state index is 0.00741. The van der Waals surface area contributed by atoms with Gasteiger partial charge in [0.25, 0.3) is 23.6 Å². The van der Waals surface area contributed by atoms with Crippen molar-refractivity contribution >= 4 is 64.2 Å². The second-order valence-corrected chi connectivity index (χ2v) is 14.7. The summed E-state index contributed by atoms with van der Waals surface area (Å²) in [6, 6.07) is 22.1. The summed E-state index contributed by atoms with van der Waals surface area (Å²) in [7, 11) is 0. The van der Waals surface area contributed by atoms with Crippen molar-refractivity contribution in [3.8, 4) is 11.5 Å². The van der Waals surface area contributed by atoms with Crippen LogP contribution < -0.4 is 47.9 Å². The Hall–Kier alpha value is -8.30. The maximum atomic E-state index is 13.4. The maximum Gasteiger partial charge on any atom is 0.426 e. The van der Waals surface area contributed by atoms with Crippen LogP contribution in [0.1, 0.15) is 77.6 Å². The number of hydrogen-bond acceptors (Lipinski definition) is 11. The van der Waals surface area contributed by atoms with Gasteiger partial charge in [0, 0.05) is 33.8 Å². The third kappa shape index (κ3) is 11.0. The second kappa shape index (κ2) is 19.0. The van der Waals surface area contributed by atoms with Crippen molar-refractivity contribution in [3.63, 3.8) is 0 Å². The fourth-order valence-corrected chi connectivity index (χ4v) is 6.18. The summed E-state index contributed by atoms with van der Waals surface area (Å²) in [4.78, 5) is 88.6. The fourth-order valence-electron chi connectivity index (χ4n) is 6.18. The van der Waals surface area contributed by atoms with Crippen LogP contribution in [0.3, 0.4) is 0 Å². The number of halogens is 3. The predicted molar refractivity (Wildman–Crippen MR) is 228 cm³/mol. The Balaban J connectivity index is 1.05. The van der Waals surface area contributed by atoms with E-state index in [1.807, 2.05) is 0 Å². The molecule has 0 aliphatic carbocycles. The number of alkyl halides is 3. The van der Waals surface area contributed by atoms with E-state index in [0.29, 0.717) is 0 Å². The van der Waals surface area contributed by atoms with Crippen molar-refractivity contribution in [2.75, 3.05) is 21.3 Å². The predicted octanol–water partition coefficient (Wildman–Crippen LogP) is 5.07. The number of hydrogen-bond donors (Lipinski definition) is 10. The van der Waals surface area contributed by atoms with Crippen LogP contribution in [0.25, 0.3) is 0 Å². The Morgan fingerprint density at radius 2 is 1.11 bits per heavy atom. The first-order valence-corrected chi connectivity index (χ1v) is 19.4. The second-order valence-electron chi connectivity index (χ2n) is 14.7. The zero-order chi connectivity index (χ0) is 47.2. The van der Waals surface area contributed by atoms with Crippen LogP contribution in [0.15, 0.2) is 109 Å². The standard InChI is InChI=1S/C44H39F3N8O10/c1-22(2)65-36-32(20-19-31(35(36)57)40(61)50-29-17-9-26(10-18-29)42(63)64)52-38(59)24-7-15-30(16-8-24)51-41(62)33(21-34(48)56)53-39(60)25-5-13-28(14-6-25)49-37(58)23-3-11-27(12-4-23)43(54-55-43)44(45,46)47/h3-20,22,33,54-55,57H,21H2,1-2H3,(H2,48,56)(H,49,58)(H,50,61)(H,51,62)(H,52,59)(H,53,60)(H,63,64)/t33-/m0/s1. The molecule has 0 aromatic heterocycles. The first kappa shape index (κ1) is 46.2. The quantitative estimate of drug-likeness (QED) is 0.0581. The number of phenolic OH excluding ortho intramolecular Hbond substituents is 1. The van der Waals surface area contributed by atoms with Gasteiger partial charge in [0.2, 0.25) is 17.5 Å². The highest BCUT2D eigenvalue weighted by molar-refractivity contribution is 6.10. The highest BCUT2D eigenvalue weighted by Crippen LogP contribution is 2.42. The number of carbonyl (C=O) groups is 7. The molecule has 21 heteroatoms. The molecule has 1 aliphatic heterocycles. The average molecular weight is 897 g/mol. The lowest BCUT2D eigenvalue weighted by Crippen LogP contribution is -2.46. The Morgan fingerprint density at radius 3 is 1.58 bits per heavy atom. The Morgan fingerprint density at radius 1 is 0.646 bits per heavy atom. The average Bonchev–Trinajstić information content (AvgIpc) is 4.08. The molecule has 65 heavy (non-hydrogen) atoms. The van der Waals surface area contributed by atoms with Gasteiger partial charge in [-0.05, 0) is 116 Å². The molecule has 1 saturated heterocycles. The third-order valence-electron chi connectivity index (χ3n) is 9.59. The summed E-state index contributed by atoms with van der Waals surface area (Å²) >= 11 is 0. The molecule has 0 spiro atoms. The van der Waals surface area contributed by atoms with Gasteiger partial charge in [0.05, 0.1) is 29.3 Å². The number of ether oxygens (including phenoxy) is 1. The summed E-state index contributed by atoms with van der Waals surface area (Å²) in [5.74, 6) is -6.49. The van der Waals surface area contributed by atoms with Gasteiger partial charge in [-0.3, -0.25) is 28.8 Å². The van der Waals surface area contributed by atoms with Crippen molar-refractivity contribution < 1.29 is 61.7 Å². The molecule has 1 atom stereocenters. The molecule has 11 N–H and O–H groups in total. The number of aromatic carboxylic acids is 1. The Labute approximate surface area is 366 Å². The monoisotopic (exact) mass is 896 g/mol. The summed E-state index contributed by atoms with van der Waals surface area (Å²) < 4.78 is 45.8. The van der Waals surface area contributed by atoms with E-state index in [1.54, 1.807) is 13.8 Å². The molecular weight excluding hydrogens is 858 g/mol. The number of carbonyl (C=O) groups excluding carboxylic acids is 6. The van der Waals surface area contributed by atoms with Crippen LogP contribution in [0.4, 0.5) is 35.9 Å². The number of carboxylic acids is 1. The fraction of sp³-hybridized carbons (Fsp3) is 0.159. The zero-order valence-electron chi connectivity index (χ0n) is 34.1. The lowest BCUT2D eigenvalue weighted by atomic mass is 10.0. The third-order valence-corrected chi connectivity index (χ3v) is 9.59. The normalized spacial score (nSPS) is 13.1. The van der Waals surface area contributed by atoms with E-state index in [1.165, 1.54) is 97.1 Å². The molecule has 1 fully saturated rings. The number of anilines is 4. The van der Waals surface area contributed by atoms with Crippen LogP contribution in [0.5, 0.6) is 11.5 Å². The molecule has 1 heterocycles. The molecule has 1 aliphatic rings. The highest BCUT2D eigenvalue weighted by atomic mass is 19.4. The topological polar surface area (TPSA) is 299 Å². The van der Waals surface area contributed by atoms with Crippen molar-refractivity contribution in [1.82, 2.24) is 16.2 Å². The van der Waals surface area contributed by atoms with Crippen LogP contribution in [0.2, 0.25) is 0 Å². The first-order chi connectivity index (χ1) is 30.7. The summed E-state index contributed by atoms with van der Waals surface area (Å²) in [6.45, 7) is 3.32. The number of rotatable bonds is 16. The zero-order valence-corrected chi connectivity index (χ0v) is 34.1. The number of hydrazine groups is 1. The number of benzene rings is 5. The molecule has 0 radical (unpaired) electrons. The molecule has 5 aromatic rings. The van der Waals surface area contributed by atoms with Crippen LogP contribution in [0, 0.1) is 0 Å².